The highest BCUT2D eigenvalue weighted by Gasteiger charge is 2.66. The van der Waals surface area contributed by atoms with Gasteiger partial charge in [0.1, 0.15) is 0 Å². The van der Waals surface area contributed by atoms with Crippen molar-refractivity contribution in [2.75, 3.05) is 0 Å². The van der Waals surface area contributed by atoms with Crippen molar-refractivity contribution in [3.63, 3.8) is 0 Å². The lowest BCUT2D eigenvalue weighted by Gasteiger charge is -2.72. The molecular weight excluding hydrogens is 250 g/mol. The normalized spacial score (nSPS) is 46.1. The van der Waals surface area contributed by atoms with Crippen molar-refractivity contribution >= 4 is 15.7 Å². The van der Waals surface area contributed by atoms with E-state index in [0.717, 1.165) is 17.8 Å². The maximum absolute atomic E-state index is 6.88. The van der Waals surface area contributed by atoms with Crippen molar-refractivity contribution in [2.45, 2.75) is 65.5 Å². The van der Waals surface area contributed by atoms with Gasteiger partial charge in [0.25, 0.3) is 0 Å². The first-order chi connectivity index (χ1) is 9.58. The molecule has 0 saturated heterocycles. The SMILES string of the molecule is [B]C([B])(C(C)(C)C)C12CC3CC(C1=C)C(CC)C(C3)C2C. The first kappa shape index (κ1) is 15.8. The van der Waals surface area contributed by atoms with E-state index in [2.05, 4.69) is 41.2 Å². The van der Waals surface area contributed by atoms with E-state index in [-0.39, 0.29) is 10.8 Å². The van der Waals surface area contributed by atoms with Gasteiger partial charge >= 0.3 is 0 Å². The minimum Gasteiger partial charge on any atom is -0.0990 e. The molecule has 6 atom stereocenters. The van der Waals surface area contributed by atoms with Crippen LogP contribution in [0.4, 0.5) is 0 Å². The lowest BCUT2D eigenvalue weighted by Crippen LogP contribution is -2.63. The molecule has 4 aliphatic carbocycles. The number of hydrogen-bond acceptors (Lipinski definition) is 0. The molecule has 0 aromatic rings. The predicted octanol–water partition coefficient (Wildman–Crippen LogP) is 4.75. The van der Waals surface area contributed by atoms with E-state index in [9.17, 15) is 0 Å². The Morgan fingerprint density at radius 3 is 2.38 bits per heavy atom. The Hall–Kier alpha value is -0.130. The fourth-order valence-corrected chi connectivity index (χ4v) is 6.46. The molecule has 4 radical (unpaired) electrons. The molecule has 0 aliphatic heterocycles. The third-order valence-electron chi connectivity index (χ3n) is 7.76. The van der Waals surface area contributed by atoms with E-state index in [1.165, 1.54) is 31.3 Å². The number of rotatable bonds is 2. The molecule has 4 fully saturated rings. The molecule has 4 aliphatic rings. The summed E-state index contributed by atoms with van der Waals surface area (Å²) >= 11 is 0. The zero-order chi connectivity index (χ0) is 15.8. The largest absolute Gasteiger partial charge is 0.0990 e. The summed E-state index contributed by atoms with van der Waals surface area (Å²) in [6.45, 7) is 15.9. The molecule has 0 aromatic heterocycles. The second-order valence-corrected chi connectivity index (χ2v) is 9.29. The Labute approximate surface area is 134 Å². The Balaban J connectivity index is 2.13. The molecule has 0 heterocycles. The summed E-state index contributed by atoms with van der Waals surface area (Å²) in [7, 11) is 13.8. The number of allylic oxidation sites excluding steroid dienone is 1. The van der Waals surface area contributed by atoms with Gasteiger partial charge in [0.05, 0.1) is 15.7 Å². The fraction of sp³-hybridized carbons (Fsp3) is 0.895. The Morgan fingerprint density at radius 2 is 1.86 bits per heavy atom. The minimum atomic E-state index is -0.676. The molecule has 112 valence electrons. The molecule has 4 rings (SSSR count). The van der Waals surface area contributed by atoms with Crippen LogP contribution in [-0.4, -0.2) is 15.7 Å². The molecule has 2 heteroatoms. The van der Waals surface area contributed by atoms with Gasteiger partial charge in [-0.05, 0) is 59.7 Å². The van der Waals surface area contributed by atoms with Gasteiger partial charge in [0, 0.05) is 0 Å². The summed E-state index contributed by atoms with van der Waals surface area (Å²) < 4.78 is 0. The van der Waals surface area contributed by atoms with Crippen LogP contribution in [0.5, 0.6) is 0 Å². The van der Waals surface area contributed by atoms with Crippen LogP contribution in [0.25, 0.3) is 0 Å². The summed E-state index contributed by atoms with van der Waals surface area (Å²) in [4.78, 5) is 0. The Kier molecular flexibility index (Phi) is 3.34. The zero-order valence-corrected chi connectivity index (χ0v) is 14.6. The lowest BCUT2D eigenvalue weighted by molar-refractivity contribution is -0.114. The topological polar surface area (TPSA) is 0 Å². The fourth-order valence-electron chi connectivity index (χ4n) is 6.46. The van der Waals surface area contributed by atoms with Crippen LogP contribution in [0.1, 0.15) is 60.3 Å². The van der Waals surface area contributed by atoms with Gasteiger partial charge in [-0.15, -0.1) is 0 Å². The van der Waals surface area contributed by atoms with Crippen LogP contribution in [0.3, 0.4) is 0 Å². The van der Waals surface area contributed by atoms with E-state index >= 15 is 0 Å². The average Bonchev–Trinajstić information content (AvgIpc) is 2.38. The van der Waals surface area contributed by atoms with Crippen LogP contribution in [-0.2, 0) is 0 Å². The van der Waals surface area contributed by atoms with E-state index in [0.29, 0.717) is 11.8 Å². The second-order valence-electron chi connectivity index (χ2n) is 9.29. The monoisotopic (exact) mass is 280 g/mol. The van der Waals surface area contributed by atoms with Gasteiger partial charge in [0.2, 0.25) is 0 Å². The van der Waals surface area contributed by atoms with Gasteiger partial charge in [-0.2, -0.15) is 0 Å². The lowest BCUT2D eigenvalue weighted by atomic mass is 9.24. The van der Waals surface area contributed by atoms with E-state index in [4.69, 9.17) is 15.7 Å². The van der Waals surface area contributed by atoms with E-state index in [1.54, 1.807) is 0 Å². The van der Waals surface area contributed by atoms with Gasteiger partial charge in [0.15, 0.2) is 0 Å². The van der Waals surface area contributed by atoms with Crippen molar-refractivity contribution in [1.29, 1.82) is 0 Å². The van der Waals surface area contributed by atoms with Crippen LogP contribution >= 0.6 is 0 Å². The van der Waals surface area contributed by atoms with Crippen molar-refractivity contribution in [3.05, 3.63) is 12.2 Å². The van der Waals surface area contributed by atoms with Crippen molar-refractivity contribution in [1.82, 2.24) is 0 Å². The summed E-state index contributed by atoms with van der Waals surface area (Å²) in [5, 5.41) is -0.676. The smallest absolute Gasteiger partial charge is 0.0639 e. The quantitative estimate of drug-likeness (QED) is 0.505. The third-order valence-corrected chi connectivity index (χ3v) is 7.76. The number of hydrogen-bond donors (Lipinski definition) is 0. The van der Waals surface area contributed by atoms with Crippen LogP contribution in [0.15, 0.2) is 12.2 Å². The first-order valence-corrected chi connectivity index (χ1v) is 8.85. The maximum Gasteiger partial charge on any atom is 0.0639 e. The molecule has 0 nitrogen and oxygen atoms in total. The van der Waals surface area contributed by atoms with Gasteiger partial charge < -0.3 is 0 Å². The highest BCUT2D eigenvalue weighted by atomic mass is 14.7. The third kappa shape index (κ3) is 1.71. The highest BCUT2D eigenvalue weighted by molar-refractivity contribution is 6.41. The molecule has 0 spiro atoms. The molecule has 6 unspecified atom stereocenters. The van der Waals surface area contributed by atoms with Gasteiger partial charge in [-0.25, -0.2) is 0 Å². The van der Waals surface area contributed by atoms with Crippen LogP contribution < -0.4 is 0 Å². The summed E-state index contributed by atoms with van der Waals surface area (Å²) in [6, 6.07) is 0. The molecule has 0 N–H and O–H groups in total. The van der Waals surface area contributed by atoms with Gasteiger partial charge in [-0.1, -0.05) is 58.4 Å². The van der Waals surface area contributed by atoms with Crippen molar-refractivity contribution in [3.8, 4) is 0 Å². The van der Waals surface area contributed by atoms with E-state index < -0.39 is 5.21 Å². The highest BCUT2D eigenvalue weighted by Crippen LogP contribution is 2.75. The molecule has 4 bridgehead atoms. The van der Waals surface area contributed by atoms with Gasteiger partial charge in [-0.3, -0.25) is 0 Å². The second kappa shape index (κ2) is 4.45. The standard InChI is InChI=1S/C19H30B2/c1-7-14-15-8-13-9-16(14)12(3)18(10-13,11(15)2)19(20,21)17(4,5)6/h12-16H,2,7-10H2,1,3-6H3. The first-order valence-electron chi connectivity index (χ1n) is 8.85. The minimum absolute atomic E-state index is 0.0621. The zero-order valence-electron chi connectivity index (χ0n) is 14.6. The molecule has 0 aromatic carbocycles. The molecular formula is C19H30B2. The molecule has 4 saturated carbocycles. The summed E-state index contributed by atoms with van der Waals surface area (Å²) in [5.41, 5.74) is 1.22. The Bertz CT molecular complexity index is 459. The average molecular weight is 280 g/mol. The van der Waals surface area contributed by atoms with Crippen LogP contribution in [0.2, 0.25) is 5.21 Å². The summed E-state index contributed by atoms with van der Waals surface area (Å²) in [6.07, 6.45) is 5.17. The maximum atomic E-state index is 6.88. The predicted molar refractivity (Wildman–Crippen MR) is 92.5 cm³/mol. The van der Waals surface area contributed by atoms with Crippen LogP contribution in [0, 0.1) is 40.4 Å². The van der Waals surface area contributed by atoms with Crippen molar-refractivity contribution < 1.29 is 0 Å². The summed E-state index contributed by atoms with van der Waals surface area (Å²) in [5.74, 6) is 3.66. The van der Waals surface area contributed by atoms with E-state index in [1.807, 2.05) is 0 Å². The molecule has 0 amide bonds. The Morgan fingerprint density at radius 1 is 1.24 bits per heavy atom. The molecule has 21 heavy (non-hydrogen) atoms. The van der Waals surface area contributed by atoms with Crippen molar-refractivity contribution in [2.24, 2.45) is 40.4 Å².